The molecule has 0 aliphatic carbocycles. The third-order valence-corrected chi connectivity index (χ3v) is 3.58. The molecule has 0 bridgehead atoms. The maximum Gasteiger partial charge on any atom is 0.268 e. The van der Waals surface area contributed by atoms with Crippen LogP contribution in [-0.2, 0) is 13.1 Å². The van der Waals surface area contributed by atoms with E-state index in [1.807, 2.05) is 41.1 Å². The highest BCUT2D eigenvalue weighted by Crippen LogP contribution is 2.16. The lowest BCUT2D eigenvalue weighted by molar-refractivity contribution is 0.0941. The molecule has 1 amide bonds. The molecule has 21 heavy (non-hydrogen) atoms. The third-order valence-electron chi connectivity index (χ3n) is 3.15. The summed E-state index contributed by atoms with van der Waals surface area (Å²) in [6.07, 6.45) is 2.92. The molecule has 1 heterocycles. The van der Waals surface area contributed by atoms with E-state index in [2.05, 4.69) is 28.2 Å². The van der Waals surface area contributed by atoms with Gasteiger partial charge >= 0.3 is 0 Å². The number of nitrogens with zero attached hydrogens (tertiary/aromatic N) is 1. The number of aryl methyl sites for hydroxylation is 1. The van der Waals surface area contributed by atoms with Crippen LogP contribution in [0.25, 0.3) is 0 Å². The maximum atomic E-state index is 12.3. The molecule has 0 atom stereocenters. The monoisotopic (exact) mass is 350 g/mol. The zero-order valence-electron chi connectivity index (χ0n) is 12.2. The Labute approximate surface area is 133 Å². The van der Waals surface area contributed by atoms with Gasteiger partial charge in [-0.05, 0) is 46.1 Å². The standard InChI is InChI=1S/C16H19BrN2O2/c1-3-7-19-11-13(17)9-15(19)16(20)18-10-12-5-4-6-14(8-12)21-2/h4-6,8-9,11H,3,7,10H2,1-2H3,(H,18,20). The number of methoxy groups -OCH3 is 1. The lowest BCUT2D eigenvalue weighted by Crippen LogP contribution is -2.25. The average molecular weight is 351 g/mol. The van der Waals surface area contributed by atoms with Crippen molar-refractivity contribution in [3.63, 3.8) is 0 Å². The Bertz CT molecular complexity index is 622. The summed E-state index contributed by atoms with van der Waals surface area (Å²) in [5.74, 6) is 0.718. The maximum absolute atomic E-state index is 12.3. The molecule has 0 saturated carbocycles. The van der Waals surface area contributed by atoms with Gasteiger partial charge in [0.2, 0.25) is 0 Å². The van der Waals surface area contributed by atoms with E-state index < -0.39 is 0 Å². The minimum atomic E-state index is -0.0723. The van der Waals surface area contributed by atoms with Crippen LogP contribution in [0.5, 0.6) is 5.75 Å². The highest BCUT2D eigenvalue weighted by atomic mass is 79.9. The second-order valence-electron chi connectivity index (χ2n) is 4.77. The third kappa shape index (κ3) is 4.11. The van der Waals surface area contributed by atoms with Gasteiger partial charge in [-0.25, -0.2) is 0 Å². The summed E-state index contributed by atoms with van der Waals surface area (Å²) in [7, 11) is 1.63. The number of hydrogen-bond acceptors (Lipinski definition) is 2. The van der Waals surface area contributed by atoms with Crippen LogP contribution in [0.4, 0.5) is 0 Å². The molecule has 0 saturated heterocycles. The number of carbonyl (C=O) groups excluding carboxylic acids is 1. The molecule has 2 aromatic rings. The second-order valence-corrected chi connectivity index (χ2v) is 5.69. The number of amides is 1. The van der Waals surface area contributed by atoms with Gasteiger partial charge in [-0.2, -0.15) is 0 Å². The fraction of sp³-hybridized carbons (Fsp3) is 0.312. The quantitative estimate of drug-likeness (QED) is 0.864. The summed E-state index contributed by atoms with van der Waals surface area (Å²) in [6, 6.07) is 9.52. The van der Waals surface area contributed by atoms with Crippen LogP contribution >= 0.6 is 15.9 Å². The predicted octanol–water partition coefficient (Wildman–Crippen LogP) is 3.60. The zero-order valence-corrected chi connectivity index (χ0v) is 13.8. The fourth-order valence-electron chi connectivity index (χ4n) is 2.15. The first kappa shape index (κ1) is 15.6. The smallest absolute Gasteiger partial charge is 0.268 e. The van der Waals surface area contributed by atoms with Crippen LogP contribution in [-0.4, -0.2) is 17.6 Å². The summed E-state index contributed by atoms with van der Waals surface area (Å²) in [5.41, 5.74) is 1.68. The van der Waals surface area contributed by atoms with Crippen molar-refractivity contribution in [3.8, 4) is 5.75 Å². The predicted molar refractivity (Wildman–Crippen MR) is 86.6 cm³/mol. The van der Waals surface area contributed by atoms with Crippen LogP contribution in [0.3, 0.4) is 0 Å². The van der Waals surface area contributed by atoms with Crippen LogP contribution in [0.15, 0.2) is 41.0 Å². The Kier molecular flexibility index (Phi) is 5.44. The largest absolute Gasteiger partial charge is 0.497 e. The van der Waals surface area contributed by atoms with Gasteiger partial charge in [0.25, 0.3) is 5.91 Å². The molecule has 1 aromatic heterocycles. The van der Waals surface area contributed by atoms with E-state index in [0.717, 1.165) is 28.8 Å². The van der Waals surface area contributed by atoms with Crippen molar-refractivity contribution < 1.29 is 9.53 Å². The van der Waals surface area contributed by atoms with Crippen LogP contribution in [0.2, 0.25) is 0 Å². The molecule has 2 rings (SSSR count). The van der Waals surface area contributed by atoms with E-state index in [-0.39, 0.29) is 5.91 Å². The number of nitrogens with one attached hydrogen (secondary N) is 1. The average Bonchev–Trinajstić information content (AvgIpc) is 2.86. The summed E-state index contributed by atoms with van der Waals surface area (Å²) >= 11 is 3.42. The SMILES string of the molecule is CCCn1cc(Br)cc1C(=O)NCc1cccc(OC)c1. The van der Waals surface area contributed by atoms with E-state index in [4.69, 9.17) is 4.74 Å². The molecule has 0 unspecified atom stereocenters. The van der Waals surface area contributed by atoms with Gasteiger partial charge in [-0.1, -0.05) is 19.1 Å². The van der Waals surface area contributed by atoms with Gasteiger partial charge in [0, 0.05) is 23.8 Å². The Balaban J connectivity index is 2.04. The van der Waals surface area contributed by atoms with Crippen LogP contribution in [0.1, 0.15) is 29.4 Å². The van der Waals surface area contributed by atoms with Gasteiger partial charge in [0.05, 0.1) is 7.11 Å². The van der Waals surface area contributed by atoms with E-state index in [9.17, 15) is 4.79 Å². The highest BCUT2D eigenvalue weighted by Gasteiger charge is 2.12. The van der Waals surface area contributed by atoms with Crippen LogP contribution < -0.4 is 10.1 Å². The first-order valence-corrected chi connectivity index (χ1v) is 7.70. The molecule has 4 nitrogen and oxygen atoms in total. The van der Waals surface area contributed by atoms with Gasteiger partial charge in [-0.15, -0.1) is 0 Å². The van der Waals surface area contributed by atoms with Crippen molar-refractivity contribution in [1.82, 2.24) is 9.88 Å². The van der Waals surface area contributed by atoms with Crippen molar-refractivity contribution in [1.29, 1.82) is 0 Å². The van der Waals surface area contributed by atoms with Gasteiger partial charge < -0.3 is 14.6 Å². The number of aromatic nitrogens is 1. The Morgan fingerprint density at radius 1 is 1.38 bits per heavy atom. The normalized spacial score (nSPS) is 10.4. The fourth-order valence-corrected chi connectivity index (χ4v) is 2.61. The molecule has 0 fully saturated rings. The molecule has 1 aromatic carbocycles. The number of carbonyl (C=O) groups is 1. The highest BCUT2D eigenvalue weighted by molar-refractivity contribution is 9.10. The van der Waals surface area contributed by atoms with E-state index >= 15 is 0 Å². The Morgan fingerprint density at radius 3 is 2.90 bits per heavy atom. The van der Waals surface area contributed by atoms with Gasteiger partial charge in [0.1, 0.15) is 11.4 Å². The number of rotatable bonds is 6. The molecule has 0 aliphatic rings. The van der Waals surface area contributed by atoms with E-state index in [0.29, 0.717) is 12.2 Å². The Hall–Kier alpha value is -1.75. The first-order valence-electron chi connectivity index (χ1n) is 6.91. The van der Waals surface area contributed by atoms with Crippen molar-refractivity contribution in [3.05, 3.63) is 52.3 Å². The number of benzene rings is 1. The number of ether oxygens (including phenoxy) is 1. The van der Waals surface area contributed by atoms with Gasteiger partial charge in [-0.3, -0.25) is 4.79 Å². The summed E-state index contributed by atoms with van der Waals surface area (Å²) in [4.78, 5) is 12.3. The van der Waals surface area contributed by atoms with Crippen molar-refractivity contribution in [2.45, 2.75) is 26.4 Å². The topological polar surface area (TPSA) is 43.3 Å². The van der Waals surface area contributed by atoms with Gasteiger partial charge in [0.15, 0.2) is 0 Å². The minimum Gasteiger partial charge on any atom is -0.497 e. The molecular formula is C16H19BrN2O2. The van der Waals surface area contributed by atoms with E-state index in [1.165, 1.54) is 0 Å². The molecule has 0 radical (unpaired) electrons. The molecule has 0 spiro atoms. The first-order chi connectivity index (χ1) is 10.1. The molecule has 0 aliphatic heterocycles. The summed E-state index contributed by atoms with van der Waals surface area (Å²) < 4.78 is 8.06. The molecule has 112 valence electrons. The van der Waals surface area contributed by atoms with Crippen LogP contribution in [0, 0.1) is 0 Å². The zero-order chi connectivity index (χ0) is 15.2. The molecular weight excluding hydrogens is 332 g/mol. The van der Waals surface area contributed by atoms with Crippen molar-refractivity contribution in [2.24, 2.45) is 0 Å². The Morgan fingerprint density at radius 2 is 2.19 bits per heavy atom. The summed E-state index contributed by atoms with van der Waals surface area (Å²) in [6.45, 7) is 3.39. The lowest BCUT2D eigenvalue weighted by atomic mass is 10.2. The van der Waals surface area contributed by atoms with Crippen molar-refractivity contribution >= 4 is 21.8 Å². The van der Waals surface area contributed by atoms with Crippen molar-refractivity contribution in [2.75, 3.05) is 7.11 Å². The lowest BCUT2D eigenvalue weighted by Gasteiger charge is -2.09. The summed E-state index contributed by atoms with van der Waals surface area (Å²) in [5, 5.41) is 2.94. The second kappa shape index (κ2) is 7.31. The minimum absolute atomic E-state index is 0.0723. The number of hydrogen-bond donors (Lipinski definition) is 1. The molecule has 1 N–H and O–H groups in total. The van der Waals surface area contributed by atoms with E-state index in [1.54, 1.807) is 7.11 Å². The molecule has 5 heteroatoms. The number of halogens is 1.